The van der Waals surface area contributed by atoms with Crippen LogP contribution >= 0.6 is 15.9 Å². The minimum Gasteiger partial charge on any atom is -0.545 e. The number of benzene rings is 2. The zero-order valence-electron chi connectivity index (χ0n) is 12.0. The van der Waals surface area contributed by atoms with Gasteiger partial charge in [-0.15, -0.1) is 0 Å². The Hall–Kier alpha value is -2.93. The number of carbonyl (C=O) groups excluding carboxylic acids is 2. The minimum absolute atomic E-state index is 0.0110. The summed E-state index contributed by atoms with van der Waals surface area (Å²) in [5.41, 5.74) is -0.196. The van der Waals surface area contributed by atoms with E-state index in [1.807, 2.05) is 0 Å². The van der Waals surface area contributed by atoms with Gasteiger partial charge in [-0.2, -0.15) is 0 Å². The summed E-state index contributed by atoms with van der Waals surface area (Å²) in [5, 5.41) is 13.8. The van der Waals surface area contributed by atoms with Crippen LogP contribution in [0.15, 0.2) is 62.2 Å². The van der Waals surface area contributed by atoms with Gasteiger partial charge in [0.05, 0.1) is 5.97 Å². The average Bonchev–Trinajstić information content (AvgIpc) is 2.55. The monoisotopic (exact) mass is 386 g/mol. The second-order valence-corrected chi connectivity index (χ2v) is 5.86. The first kappa shape index (κ1) is 15.9. The topological polar surface area (TPSA) is 99.4 Å². The number of rotatable bonds is 3. The van der Waals surface area contributed by atoms with Gasteiger partial charge in [0.25, 0.3) is 5.91 Å². The molecule has 0 aliphatic rings. The summed E-state index contributed by atoms with van der Waals surface area (Å²) >= 11 is 3.31. The Morgan fingerprint density at radius 2 is 1.75 bits per heavy atom. The Morgan fingerprint density at radius 1 is 1.04 bits per heavy atom. The molecule has 0 fully saturated rings. The predicted molar refractivity (Wildman–Crippen MR) is 88.9 cm³/mol. The molecule has 0 aliphatic carbocycles. The number of fused-ring (bicyclic) bond motifs is 1. The van der Waals surface area contributed by atoms with Crippen molar-refractivity contribution in [3.63, 3.8) is 0 Å². The molecule has 120 valence electrons. The van der Waals surface area contributed by atoms with Crippen LogP contribution in [0.3, 0.4) is 0 Å². The molecule has 0 spiro atoms. The van der Waals surface area contributed by atoms with Gasteiger partial charge in [0.1, 0.15) is 11.1 Å². The Kier molecular flexibility index (Phi) is 4.18. The summed E-state index contributed by atoms with van der Waals surface area (Å²) in [4.78, 5) is 34.9. The SMILES string of the molecule is O=C([O-])c1ccc(NC(=O)c2cc3cc(Br)ccc3oc2=O)cc1. The van der Waals surface area contributed by atoms with Crippen LogP contribution in [0.4, 0.5) is 5.69 Å². The largest absolute Gasteiger partial charge is 0.545 e. The van der Waals surface area contributed by atoms with Crippen LogP contribution in [0.1, 0.15) is 20.7 Å². The Balaban J connectivity index is 1.91. The van der Waals surface area contributed by atoms with Gasteiger partial charge in [-0.3, -0.25) is 4.79 Å². The van der Waals surface area contributed by atoms with E-state index < -0.39 is 17.5 Å². The maximum absolute atomic E-state index is 12.3. The quantitative estimate of drug-likeness (QED) is 0.695. The Labute approximate surface area is 143 Å². The number of carboxylic acid groups (broad SMARTS) is 1. The second-order valence-electron chi connectivity index (χ2n) is 4.95. The summed E-state index contributed by atoms with van der Waals surface area (Å²) in [6, 6.07) is 11.9. The van der Waals surface area contributed by atoms with E-state index in [1.165, 1.54) is 30.3 Å². The first-order valence-electron chi connectivity index (χ1n) is 6.80. The van der Waals surface area contributed by atoms with E-state index in [1.54, 1.807) is 18.2 Å². The molecule has 0 saturated heterocycles. The van der Waals surface area contributed by atoms with Gasteiger partial charge in [-0.05, 0) is 42.0 Å². The van der Waals surface area contributed by atoms with Crippen molar-refractivity contribution < 1.29 is 19.1 Å². The van der Waals surface area contributed by atoms with E-state index in [4.69, 9.17) is 4.42 Å². The highest BCUT2D eigenvalue weighted by molar-refractivity contribution is 9.10. The molecule has 1 amide bonds. The lowest BCUT2D eigenvalue weighted by molar-refractivity contribution is -0.255. The van der Waals surface area contributed by atoms with Crippen LogP contribution in [-0.4, -0.2) is 11.9 Å². The summed E-state index contributed by atoms with van der Waals surface area (Å²) in [6.45, 7) is 0. The van der Waals surface area contributed by atoms with Crippen molar-refractivity contribution in [3.05, 3.63) is 74.6 Å². The van der Waals surface area contributed by atoms with Crippen LogP contribution in [-0.2, 0) is 0 Å². The number of halogens is 1. The molecule has 3 rings (SSSR count). The summed E-state index contributed by atoms with van der Waals surface area (Å²) < 4.78 is 5.92. The molecule has 6 nitrogen and oxygen atoms in total. The van der Waals surface area contributed by atoms with Crippen molar-refractivity contribution in [1.82, 2.24) is 0 Å². The van der Waals surface area contributed by atoms with Gasteiger partial charge in [0, 0.05) is 15.5 Å². The van der Waals surface area contributed by atoms with Crippen LogP contribution in [0.2, 0.25) is 0 Å². The van der Waals surface area contributed by atoms with Crippen LogP contribution < -0.4 is 16.0 Å². The highest BCUT2D eigenvalue weighted by Gasteiger charge is 2.14. The third-order valence-corrected chi connectivity index (χ3v) is 3.81. The second kappa shape index (κ2) is 6.29. The van der Waals surface area contributed by atoms with Crippen molar-refractivity contribution >= 4 is 44.5 Å². The predicted octanol–water partition coefficient (Wildman–Crippen LogP) is 2.17. The molecular weight excluding hydrogens is 378 g/mol. The number of carbonyl (C=O) groups is 2. The molecule has 0 saturated carbocycles. The fraction of sp³-hybridized carbons (Fsp3) is 0. The van der Waals surface area contributed by atoms with E-state index in [0.717, 1.165) is 4.47 Å². The molecule has 0 atom stereocenters. The van der Waals surface area contributed by atoms with Gasteiger partial charge in [-0.25, -0.2) is 4.79 Å². The number of nitrogens with one attached hydrogen (secondary N) is 1. The van der Waals surface area contributed by atoms with E-state index in [-0.39, 0.29) is 11.1 Å². The van der Waals surface area contributed by atoms with Crippen molar-refractivity contribution in [2.75, 3.05) is 5.32 Å². The lowest BCUT2D eigenvalue weighted by atomic mass is 10.1. The lowest BCUT2D eigenvalue weighted by Gasteiger charge is -2.07. The number of hydrogen-bond acceptors (Lipinski definition) is 5. The Bertz CT molecular complexity index is 1010. The molecule has 0 radical (unpaired) electrons. The van der Waals surface area contributed by atoms with Crippen LogP contribution in [0.5, 0.6) is 0 Å². The normalized spacial score (nSPS) is 10.5. The molecule has 0 aliphatic heterocycles. The fourth-order valence-electron chi connectivity index (χ4n) is 2.14. The molecular formula is C17H9BrNO5-. The summed E-state index contributed by atoms with van der Waals surface area (Å²) in [7, 11) is 0. The van der Waals surface area contributed by atoms with E-state index >= 15 is 0 Å². The van der Waals surface area contributed by atoms with E-state index in [2.05, 4.69) is 21.2 Å². The number of carboxylic acids is 1. The van der Waals surface area contributed by atoms with Gasteiger partial charge in [0.2, 0.25) is 0 Å². The van der Waals surface area contributed by atoms with Crippen molar-refractivity contribution in [3.8, 4) is 0 Å². The fourth-order valence-corrected chi connectivity index (χ4v) is 2.52. The maximum Gasteiger partial charge on any atom is 0.349 e. The first-order valence-corrected chi connectivity index (χ1v) is 7.59. The number of amides is 1. The molecule has 0 unspecified atom stereocenters. The van der Waals surface area contributed by atoms with Crippen molar-refractivity contribution in [1.29, 1.82) is 0 Å². The van der Waals surface area contributed by atoms with E-state index in [0.29, 0.717) is 16.7 Å². The Morgan fingerprint density at radius 3 is 2.42 bits per heavy atom. The molecule has 3 aromatic rings. The van der Waals surface area contributed by atoms with Crippen LogP contribution in [0, 0.1) is 0 Å². The lowest BCUT2D eigenvalue weighted by Crippen LogP contribution is -2.22. The molecule has 7 heteroatoms. The maximum atomic E-state index is 12.3. The highest BCUT2D eigenvalue weighted by Crippen LogP contribution is 2.20. The minimum atomic E-state index is -1.31. The van der Waals surface area contributed by atoms with E-state index in [9.17, 15) is 19.5 Å². The zero-order chi connectivity index (χ0) is 17.3. The molecule has 24 heavy (non-hydrogen) atoms. The number of aromatic carboxylic acids is 1. The summed E-state index contributed by atoms with van der Waals surface area (Å²) in [6.07, 6.45) is 0. The summed E-state index contributed by atoms with van der Waals surface area (Å²) in [5.74, 6) is -1.96. The van der Waals surface area contributed by atoms with Crippen molar-refractivity contribution in [2.24, 2.45) is 0 Å². The van der Waals surface area contributed by atoms with Gasteiger partial charge < -0.3 is 19.6 Å². The standard InChI is InChI=1S/C17H10BrNO5/c18-11-3-6-14-10(7-11)8-13(17(23)24-14)15(20)19-12-4-1-9(2-5-12)16(21)22/h1-8H,(H,19,20)(H,21,22)/p-1. The highest BCUT2D eigenvalue weighted by atomic mass is 79.9. The third kappa shape index (κ3) is 3.21. The smallest absolute Gasteiger partial charge is 0.349 e. The molecule has 1 aromatic heterocycles. The van der Waals surface area contributed by atoms with Gasteiger partial charge in [-0.1, -0.05) is 28.1 Å². The number of hydrogen-bond donors (Lipinski definition) is 1. The van der Waals surface area contributed by atoms with Gasteiger partial charge in [0.15, 0.2) is 0 Å². The molecule has 1 N–H and O–H groups in total. The first-order chi connectivity index (χ1) is 11.4. The van der Waals surface area contributed by atoms with Crippen LogP contribution in [0.25, 0.3) is 11.0 Å². The molecule has 2 aromatic carbocycles. The molecule has 0 bridgehead atoms. The number of anilines is 1. The average molecular weight is 387 g/mol. The van der Waals surface area contributed by atoms with Crippen molar-refractivity contribution in [2.45, 2.75) is 0 Å². The molecule has 1 heterocycles. The zero-order valence-corrected chi connectivity index (χ0v) is 13.6. The third-order valence-electron chi connectivity index (χ3n) is 3.32. The van der Waals surface area contributed by atoms with Gasteiger partial charge >= 0.3 is 5.63 Å².